The normalized spacial score (nSPS) is 19.1. The lowest BCUT2D eigenvalue weighted by Crippen LogP contribution is -2.45. The van der Waals surface area contributed by atoms with E-state index < -0.39 is 15.3 Å². The molecule has 19 heavy (non-hydrogen) atoms. The van der Waals surface area contributed by atoms with Gasteiger partial charge in [-0.2, -0.15) is 0 Å². The third-order valence-electron chi connectivity index (χ3n) is 3.34. The topological polar surface area (TPSA) is 84.5 Å². The summed E-state index contributed by atoms with van der Waals surface area (Å²) in [5.74, 6) is -0.264. The zero-order valence-corrected chi connectivity index (χ0v) is 12.5. The first-order valence-electron chi connectivity index (χ1n) is 6.72. The summed E-state index contributed by atoms with van der Waals surface area (Å²) in [7, 11) is -2.05. The molecule has 1 aliphatic rings. The first kappa shape index (κ1) is 16.4. The third-order valence-corrected chi connectivity index (χ3v) is 5.08. The van der Waals surface area contributed by atoms with E-state index in [0.29, 0.717) is 0 Å². The van der Waals surface area contributed by atoms with Gasteiger partial charge in [0.1, 0.15) is 0 Å². The Morgan fingerprint density at radius 1 is 1.32 bits per heavy atom. The van der Waals surface area contributed by atoms with E-state index >= 15 is 0 Å². The van der Waals surface area contributed by atoms with Crippen LogP contribution in [-0.2, 0) is 19.6 Å². The third kappa shape index (κ3) is 5.88. The van der Waals surface area contributed by atoms with Crippen molar-refractivity contribution in [2.24, 2.45) is 0 Å². The number of hydrogen-bond acceptors (Lipinski definition) is 4. The molecule has 0 saturated heterocycles. The minimum atomic E-state index is -3.49. The van der Waals surface area contributed by atoms with Crippen molar-refractivity contribution in [2.75, 3.05) is 20.3 Å². The molecule has 7 heteroatoms. The molecule has 0 spiro atoms. The van der Waals surface area contributed by atoms with Crippen molar-refractivity contribution in [1.82, 2.24) is 10.0 Å². The van der Waals surface area contributed by atoms with Crippen LogP contribution < -0.4 is 10.0 Å². The van der Waals surface area contributed by atoms with Gasteiger partial charge in [-0.25, -0.2) is 13.1 Å². The fraction of sp³-hybridized carbons (Fsp3) is 0.917. The van der Waals surface area contributed by atoms with Crippen molar-refractivity contribution in [3.63, 3.8) is 0 Å². The number of amides is 1. The van der Waals surface area contributed by atoms with E-state index in [1.54, 1.807) is 6.92 Å². The van der Waals surface area contributed by atoms with Crippen LogP contribution in [0.25, 0.3) is 0 Å². The molecule has 0 aromatic heterocycles. The van der Waals surface area contributed by atoms with Gasteiger partial charge in [-0.05, 0) is 19.8 Å². The predicted molar refractivity (Wildman–Crippen MR) is 73.3 cm³/mol. The van der Waals surface area contributed by atoms with Gasteiger partial charge < -0.3 is 10.1 Å². The summed E-state index contributed by atoms with van der Waals surface area (Å²) in [4.78, 5) is 11.7. The second-order valence-corrected chi connectivity index (χ2v) is 7.22. The van der Waals surface area contributed by atoms with Crippen molar-refractivity contribution >= 4 is 15.9 Å². The average Bonchev–Trinajstić information content (AvgIpc) is 2.38. The maximum atomic E-state index is 11.7. The maximum absolute atomic E-state index is 11.7. The lowest BCUT2D eigenvalue weighted by molar-refractivity contribution is -0.120. The molecule has 1 rings (SSSR count). The Morgan fingerprint density at radius 3 is 2.53 bits per heavy atom. The van der Waals surface area contributed by atoms with Gasteiger partial charge >= 0.3 is 0 Å². The fourth-order valence-electron chi connectivity index (χ4n) is 2.16. The molecule has 1 amide bonds. The highest BCUT2D eigenvalue weighted by molar-refractivity contribution is 7.90. The van der Waals surface area contributed by atoms with Crippen molar-refractivity contribution < 1.29 is 17.9 Å². The van der Waals surface area contributed by atoms with Gasteiger partial charge in [0.2, 0.25) is 15.9 Å². The van der Waals surface area contributed by atoms with Gasteiger partial charge in [0.25, 0.3) is 0 Å². The van der Waals surface area contributed by atoms with Gasteiger partial charge in [0.05, 0.1) is 18.4 Å². The zero-order valence-electron chi connectivity index (χ0n) is 11.6. The van der Waals surface area contributed by atoms with Crippen LogP contribution in [0, 0.1) is 0 Å². The molecule has 1 atom stereocenters. The largest absolute Gasteiger partial charge is 0.383 e. The number of rotatable bonds is 7. The summed E-state index contributed by atoms with van der Waals surface area (Å²) in [5.41, 5.74) is 0. The Labute approximate surface area is 115 Å². The van der Waals surface area contributed by atoms with E-state index in [1.807, 2.05) is 0 Å². The molecule has 2 N–H and O–H groups in total. The lowest BCUT2D eigenvalue weighted by Gasteiger charge is -2.23. The van der Waals surface area contributed by atoms with Crippen LogP contribution in [0.2, 0.25) is 0 Å². The monoisotopic (exact) mass is 292 g/mol. The molecule has 0 aliphatic heterocycles. The standard InChI is InChI=1S/C12H24N2O4S/c1-10(9-18-2)19(16,17)13-8-12(15)14-11-6-4-3-5-7-11/h10-11,13H,3-9H2,1-2H3,(H,14,15)/t10-/m1/s1. The SMILES string of the molecule is COC[C@@H](C)S(=O)(=O)NCC(=O)NC1CCCCC1. The van der Waals surface area contributed by atoms with E-state index in [9.17, 15) is 13.2 Å². The summed E-state index contributed by atoms with van der Waals surface area (Å²) in [6, 6.07) is 0.196. The van der Waals surface area contributed by atoms with Crippen LogP contribution in [-0.4, -0.2) is 45.9 Å². The van der Waals surface area contributed by atoms with Gasteiger partial charge in [-0.1, -0.05) is 19.3 Å². The molecule has 1 fully saturated rings. The molecule has 1 aliphatic carbocycles. The molecule has 0 aromatic rings. The molecule has 0 bridgehead atoms. The highest BCUT2D eigenvalue weighted by atomic mass is 32.2. The summed E-state index contributed by atoms with van der Waals surface area (Å²) in [6.45, 7) is 1.46. The van der Waals surface area contributed by atoms with E-state index in [1.165, 1.54) is 13.5 Å². The van der Waals surface area contributed by atoms with E-state index in [-0.39, 0.29) is 25.1 Å². The Balaban J connectivity index is 2.32. The Bertz CT molecular complexity index is 377. The van der Waals surface area contributed by atoms with Gasteiger partial charge in [0, 0.05) is 13.2 Å². The Hall–Kier alpha value is -0.660. The molecule has 0 aromatic carbocycles. The molecule has 6 nitrogen and oxygen atoms in total. The number of sulfonamides is 1. The summed E-state index contributed by atoms with van der Waals surface area (Å²) < 4.78 is 30.6. The molecular weight excluding hydrogens is 268 g/mol. The minimum Gasteiger partial charge on any atom is -0.383 e. The summed E-state index contributed by atoms with van der Waals surface area (Å²) >= 11 is 0. The van der Waals surface area contributed by atoms with Crippen molar-refractivity contribution in [1.29, 1.82) is 0 Å². The van der Waals surface area contributed by atoms with E-state index in [4.69, 9.17) is 4.74 Å². The van der Waals surface area contributed by atoms with Crippen molar-refractivity contribution in [3.05, 3.63) is 0 Å². The molecule has 1 saturated carbocycles. The number of nitrogens with one attached hydrogen (secondary N) is 2. The highest BCUT2D eigenvalue weighted by Gasteiger charge is 2.22. The molecular formula is C12H24N2O4S. The Morgan fingerprint density at radius 2 is 1.95 bits per heavy atom. The highest BCUT2D eigenvalue weighted by Crippen LogP contribution is 2.17. The first-order valence-corrected chi connectivity index (χ1v) is 8.27. The maximum Gasteiger partial charge on any atom is 0.235 e. The lowest BCUT2D eigenvalue weighted by atomic mass is 9.95. The van der Waals surface area contributed by atoms with E-state index in [2.05, 4.69) is 10.0 Å². The van der Waals surface area contributed by atoms with Crippen molar-refractivity contribution in [2.45, 2.75) is 50.3 Å². The molecule has 112 valence electrons. The second kappa shape index (κ2) is 7.81. The number of carbonyl (C=O) groups is 1. The van der Waals surface area contributed by atoms with Crippen molar-refractivity contribution in [3.8, 4) is 0 Å². The van der Waals surface area contributed by atoms with Gasteiger partial charge in [0.15, 0.2) is 0 Å². The molecule has 0 unspecified atom stereocenters. The van der Waals surface area contributed by atoms with Crippen LogP contribution in [0.4, 0.5) is 0 Å². The number of ether oxygens (including phenoxy) is 1. The number of methoxy groups -OCH3 is 1. The summed E-state index contributed by atoms with van der Waals surface area (Å²) in [6.07, 6.45) is 5.44. The van der Waals surface area contributed by atoms with Gasteiger partial charge in [-0.3, -0.25) is 4.79 Å². The smallest absolute Gasteiger partial charge is 0.235 e. The average molecular weight is 292 g/mol. The van der Waals surface area contributed by atoms with Crippen LogP contribution in [0.3, 0.4) is 0 Å². The number of hydrogen-bond donors (Lipinski definition) is 2. The fourth-order valence-corrected chi connectivity index (χ4v) is 3.09. The van der Waals surface area contributed by atoms with Crippen LogP contribution in [0.1, 0.15) is 39.0 Å². The summed E-state index contributed by atoms with van der Waals surface area (Å²) in [5, 5.41) is 2.20. The minimum absolute atomic E-state index is 0.111. The van der Waals surface area contributed by atoms with Gasteiger partial charge in [-0.15, -0.1) is 0 Å². The first-order chi connectivity index (χ1) is 8.95. The quantitative estimate of drug-likeness (QED) is 0.711. The van der Waals surface area contributed by atoms with Crippen LogP contribution in [0.15, 0.2) is 0 Å². The van der Waals surface area contributed by atoms with Crippen LogP contribution >= 0.6 is 0 Å². The molecule has 0 heterocycles. The molecule has 0 radical (unpaired) electrons. The number of carbonyl (C=O) groups excluding carboxylic acids is 1. The zero-order chi connectivity index (χ0) is 14.3. The Kier molecular flexibility index (Phi) is 6.74. The predicted octanol–water partition coefficient (Wildman–Crippen LogP) is 0.390. The van der Waals surface area contributed by atoms with E-state index in [0.717, 1.165) is 25.7 Å². The second-order valence-electron chi connectivity index (χ2n) is 5.03. The van der Waals surface area contributed by atoms with Crippen LogP contribution in [0.5, 0.6) is 0 Å².